The number of hydrogen-bond donors (Lipinski definition) is 1. The zero-order chi connectivity index (χ0) is 11.3. The standard InChI is InChI=1S/C8H16N2O4S/c1-14-7-4-9-15(12,13)10-5-2-8(11)3-6-10/h9H,2-7H2,1H3. The minimum absolute atomic E-state index is 0.123. The molecule has 1 aliphatic heterocycles. The van der Waals surface area contributed by atoms with E-state index in [1.165, 1.54) is 11.4 Å². The number of rotatable bonds is 5. The van der Waals surface area contributed by atoms with Crippen LogP contribution < -0.4 is 4.72 Å². The van der Waals surface area contributed by atoms with Gasteiger partial charge in [0, 0.05) is 39.6 Å². The number of ketones is 1. The van der Waals surface area contributed by atoms with Crippen LogP contribution in [-0.2, 0) is 19.7 Å². The summed E-state index contributed by atoms with van der Waals surface area (Å²) in [6.45, 7) is 1.15. The summed E-state index contributed by atoms with van der Waals surface area (Å²) in [5.74, 6) is 0.123. The maximum atomic E-state index is 11.6. The van der Waals surface area contributed by atoms with E-state index in [2.05, 4.69) is 4.72 Å². The Kier molecular flexibility index (Phi) is 4.65. The first-order chi connectivity index (χ1) is 7.06. The molecule has 0 spiro atoms. The van der Waals surface area contributed by atoms with E-state index < -0.39 is 10.2 Å². The van der Waals surface area contributed by atoms with Gasteiger partial charge in [-0.25, -0.2) is 0 Å². The smallest absolute Gasteiger partial charge is 0.279 e. The quantitative estimate of drug-likeness (QED) is 0.630. The molecule has 0 aromatic carbocycles. The van der Waals surface area contributed by atoms with Crippen molar-refractivity contribution >= 4 is 16.0 Å². The lowest BCUT2D eigenvalue weighted by molar-refractivity contribution is -0.120. The molecule has 1 fully saturated rings. The molecule has 88 valence electrons. The second-order valence-electron chi connectivity index (χ2n) is 3.33. The number of Topliss-reactive ketones (excluding diaryl/α,β-unsaturated/α-hetero) is 1. The zero-order valence-electron chi connectivity index (χ0n) is 8.73. The topological polar surface area (TPSA) is 75.7 Å². The van der Waals surface area contributed by atoms with Gasteiger partial charge < -0.3 is 4.74 Å². The Morgan fingerprint density at radius 1 is 1.40 bits per heavy atom. The maximum Gasteiger partial charge on any atom is 0.279 e. The summed E-state index contributed by atoms with van der Waals surface area (Å²) in [7, 11) is -1.92. The number of piperidine rings is 1. The Bertz CT molecular complexity index is 305. The first-order valence-corrected chi connectivity index (χ1v) is 6.25. The molecule has 6 nitrogen and oxygen atoms in total. The third kappa shape index (κ3) is 3.86. The molecule has 0 saturated carbocycles. The summed E-state index contributed by atoms with van der Waals surface area (Å²) < 4.78 is 31.7. The van der Waals surface area contributed by atoms with Crippen molar-refractivity contribution in [2.45, 2.75) is 12.8 Å². The molecule has 0 aromatic heterocycles. The molecule has 15 heavy (non-hydrogen) atoms. The Hall–Kier alpha value is -0.500. The van der Waals surface area contributed by atoms with Crippen LogP contribution in [0.5, 0.6) is 0 Å². The Morgan fingerprint density at radius 3 is 2.53 bits per heavy atom. The molecule has 0 atom stereocenters. The molecule has 0 aliphatic carbocycles. The highest BCUT2D eigenvalue weighted by molar-refractivity contribution is 7.87. The van der Waals surface area contributed by atoms with E-state index in [9.17, 15) is 13.2 Å². The molecule has 0 unspecified atom stereocenters. The fourth-order valence-corrected chi connectivity index (χ4v) is 2.53. The van der Waals surface area contributed by atoms with Gasteiger partial charge in [-0.15, -0.1) is 0 Å². The number of nitrogens with one attached hydrogen (secondary N) is 1. The summed E-state index contributed by atoms with van der Waals surface area (Å²) >= 11 is 0. The molecule has 1 heterocycles. The highest BCUT2D eigenvalue weighted by Crippen LogP contribution is 2.08. The molecule has 7 heteroatoms. The van der Waals surface area contributed by atoms with Crippen molar-refractivity contribution in [3.05, 3.63) is 0 Å². The molecular formula is C8H16N2O4S. The van der Waals surface area contributed by atoms with Crippen molar-refractivity contribution in [2.24, 2.45) is 0 Å². The molecule has 1 aliphatic rings. The zero-order valence-corrected chi connectivity index (χ0v) is 9.55. The van der Waals surface area contributed by atoms with Crippen LogP contribution >= 0.6 is 0 Å². The monoisotopic (exact) mass is 236 g/mol. The number of ether oxygens (including phenoxy) is 1. The Morgan fingerprint density at radius 2 is 2.00 bits per heavy atom. The second-order valence-corrected chi connectivity index (χ2v) is 5.09. The van der Waals surface area contributed by atoms with Crippen LogP contribution in [0.1, 0.15) is 12.8 Å². The van der Waals surface area contributed by atoms with E-state index in [4.69, 9.17) is 4.74 Å². The Balaban J connectivity index is 2.43. The van der Waals surface area contributed by atoms with Gasteiger partial charge in [-0.05, 0) is 0 Å². The highest BCUT2D eigenvalue weighted by Gasteiger charge is 2.25. The average Bonchev–Trinajstić information content (AvgIpc) is 2.18. The number of carbonyl (C=O) groups is 1. The van der Waals surface area contributed by atoms with Crippen molar-refractivity contribution < 1.29 is 17.9 Å². The summed E-state index contributed by atoms with van der Waals surface area (Å²) in [6, 6.07) is 0. The van der Waals surface area contributed by atoms with Crippen LogP contribution in [0, 0.1) is 0 Å². The summed E-state index contributed by atoms with van der Waals surface area (Å²) in [5, 5.41) is 0. The second kappa shape index (κ2) is 5.55. The molecule has 0 radical (unpaired) electrons. The van der Waals surface area contributed by atoms with Crippen molar-refractivity contribution in [3.8, 4) is 0 Å². The third-order valence-electron chi connectivity index (χ3n) is 2.21. The van der Waals surface area contributed by atoms with Crippen molar-refractivity contribution in [2.75, 3.05) is 33.4 Å². The van der Waals surface area contributed by atoms with E-state index >= 15 is 0 Å². The minimum Gasteiger partial charge on any atom is -0.383 e. The van der Waals surface area contributed by atoms with Gasteiger partial charge in [-0.2, -0.15) is 17.4 Å². The van der Waals surface area contributed by atoms with Crippen molar-refractivity contribution in [1.29, 1.82) is 0 Å². The summed E-state index contributed by atoms with van der Waals surface area (Å²) in [4.78, 5) is 10.9. The molecular weight excluding hydrogens is 220 g/mol. The fourth-order valence-electron chi connectivity index (χ4n) is 1.34. The van der Waals surface area contributed by atoms with E-state index in [-0.39, 0.29) is 25.4 Å². The number of nitrogens with zero attached hydrogens (tertiary/aromatic N) is 1. The number of hydrogen-bond acceptors (Lipinski definition) is 4. The molecule has 0 amide bonds. The van der Waals surface area contributed by atoms with Crippen LogP contribution in [0.15, 0.2) is 0 Å². The van der Waals surface area contributed by atoms with Gasteiger partial charge in [0.25, 0.3) is 10.2 Å². The fraction of sp³-hybridized carbons (Fsp3) is 0.875. The maximum absolute atomic E-state index is 11.6. The first kappa shape index (κ1) is 12.6. The number of methoxy groups -OCH3 is 1. The minimum atomic E-state index is -3.43. The molecule has 1 rings (SSSR count). The average molecular weight is 236 g/mol. The molecule has 0 bridgehead atoms. The van der Waals surface area contributed by atoms with Crippen LogP contribution in [-0.4, -0.2) is 51.9 Å². The molecule has 1 N–H and O–H groups in total. The van der Waals surface area contributed by atoms with E-state index in [0.29, 0.717) is 19.4 Å². The largest absolute Gasteiger partial charge is 0.383 e. The van der Waals surface area contributed by atoms with E-state index in [0.717, 1.165) is 0 Å². The van der Waals surface area contributed by atoms with Gasteiger partial charge in [0.1, 0.15) is 5.78 Å². The van der Waals surface area contributed by atoms with Crippen molar-refractivity contribution in [3.63, 3.8) is 0 Å². The van der Waals surface area contributed by atoms with Gasteiger partial charge >= 0.3 is 0 Å². The SMILES string of the molecule is COCCNS(=O)(=O)N1CCC(=O)CC1. The van der Waals surface area contributed by atoms with E-state index in [1.54, 1.807) is 0 Å². The van der Waals surface area contributed by atoms with Gasteiger partial charge in [0.2, 0.25) is 0 Å². The van der Waals surface area contributed by atoms with E-state index in [1.807, 2.05) is 0 Å². The van der Waals surface area contributed by atoms with Gasteiger partial charge in [0.05, 0.1) is 6.61 Å². The molecule has 1 saturated heterocycles. The van der Waals surface area contributed by atoms with Crippen LogP contribution in [0.4, 0.5) is 0 Å². The molecule has 0 aromatic rings. The lowest BCUT2D eigenvalue weighted by Crippen LogP contribution is -2.45. The van der Waals surface area contributed by atoms with Gasteiger partial charge in [-0.3, -0.25) is 4.79 Å². The normalized spacial score (nSPS) is 19.4. The van der Waals surface area contributed by atoms with Crippen LogP contribution in [0.25, 0.3) is 0 Å². The lowest BCUT2D eigenvalue weighted by Gasteiger charge is -2.25. The first-order valence-electron chi connectivity index (χ1n) is 4.81. The summed E-state index contributed by atoms with van der Waals surface area (Å²) in [6.07, 6.45) is 0.621. The van der Waals surface area contributed by atoms with Crippen LogP contribution in [0.2, 0.25) is 0 Å². The predicted octanol–water partition coefficient (Wildman–Crippen LogP) is -0.868. The van der Waals surface area contributed by atoms with Crippen LogP contribution in [0.3, 0.4) is 0 Å². The highest BCUT2D eigenvalue weighted by atomic mass is 32.2. The number of carbonyl (C=O) groups excluding carboxylic acids is 1. The van der Waals surface area contributed by atoms with Crippen molar-refractivity contribution in [1.82, 2.24) is 9.03 Å². The Labute approximate surface area is 89.8 Å². The third-order valence-corrected chi connectivity index (χ3v) is 3.82. The van der Waals surface area contributed by atoms with Gasteiger partial charge in [-0.1, -0.05) is 0 Å². The lowest BCUT2D eigenvalue weighted by atomic mass is 10.1. The summed E-state index contributed by atoms with van der Waals surface area (Å²) in [5.41, 5.74) is 0. The van der Waals surface area contributed by atoms with Gasteiger partial charge in [0.15, 0.2) is 0 Å². The predicted molar refractivity (Wildman–Crippen MR) is 54.6 cm³/mol.